The second-order valence-electron chi connectivity index (χ2n) is 2.15. The lowest BCUT2D eigenvalue weighted by Gasteiger charge is -2.03. The maximum atomic E-state index is 9.28. The number of para-hydroxylation sites is 1. The monoisotopic (exact) mass is 202 g/mol. The Hall–Kier alpha value is -1.30. The van der Waals surface area contributed by atoms with Crippen LogP contribution in [-0.4, -0.2) is 10.4 Å². The molecule has 5 heteroatoms. The molecule has 0 fully saturated rings. The molecular formula is C9H14O5. The molecule has 14 heavy (non-hydrogen) atoms. The maximum absolute atomic E-state index is 9.28. The molecule has 2 N–H and O–H groups in total. The minimum absolute atomic E-state index is 0.0606. The summed E-state index contributed by atoms with van der Waals surface area (Å²) in [7, 11) is 0. The fourth-order valence-corrected chi connectivity index (χ4v) is 0.751. The number of aryl methyl sites for hydroxylation is 1. The molecule has 0 amide bonds. The minimum atomic E-state index is -0.0606. The number of phenols is 1. The summed E-state index contributed by atoms with van der Waals surface area (Å²) in [6.07, 6.45) is 0. The van der Waals surface area contributed by atoms with Gasteiger partial charge >= 0.3 is 0 Å². The normalized spacial score (nSPS) is 8.86. The van der Waals surface area contributed by atoms with Crippen LogP contribution in [-0.2, 0) is 10.1 Å². The summed E-state index contributed by atoms with van der Waals surface area (Å²) < 4.78 is 0. The Bertz CT molecular complexity index is 261. The van der Waals surface area contributed by atoms with E-state index in [0.717, 1.165) is 0 Å². The van der Waals surface area contributed by atoms with Gasteiger partial charge < -0.3 is 9.99 Å². The van der Waals surface area contributed by atoms with Gasteiger partial charge in [-0.2, -0.15) is 0 Å². The first-order valence-electron chi connectivity index (χ1n) is 4.19. The summed E-state index contributed by atoms with van der Waals surface area (Å²) in [5, 5.41) is 24.0. The van der Waals surface area contributed by atoms with Crippen LogP contribution in [0.25, 0.3) is 0 Å². The zero-order valence-corrected chi connectivity index (χ0v) is 8.35. The van der Waals surface area contributed by atoms with Gasteiger partial charge in [0.2, 0.25) is 5.75 Å². The first kappa shape index (κ1) is 12.7. The molecule has 80 valence electrons. The number of rotatable bonds is 3. The van der Waals surface area contributed by atoms with Gasteiger partial charge in [-0.1, -0.05) is 26.0 Å². The van der Waals surface area contributed by atoms with E-state index in [1.54, 1.807) is 19.1 Å². The SMILES string of the molecule is CC.Cc1cccc(OOOO)c1O. The Kier molecular flexibility index (Phi) is 6.47. The molecule has 0 bridgehead atoms. The van der Waals surface area contributed by atoms with Crippen molar-refractivity contribution in [2.24, 2.45) is 0 Å². The first-order chi connectivity index (χ1) is 6.75. The standard InChI is InChI=1S/C7H8O5.C2H6/c1-5-3-2-4-6(7(5)8)10-12-11-9;1-2/h2-4,8-9H,1H3;1-2H3. The first-order valence-corrected chi connectivity index (χ1v) is 4.19. The van der Waals surface area contributed by atoms with Gasteiger partial charge in [-0.25, -0.2) is 5.26 Å². The van der Waals surface area contributed by atoms with Crippen molar-refractivity contribution in [3.63, 3.8) is 0 Å². The second kappa shape index (κ2) is 7.14. The van der Waals surface area contributed by atoms with Gasteiger partial charge in [0.25, 0.3) is 0 Å². The van der Waals surface area contributed by atoms with Crippen molar-refractivity contribution in [2.75, 3.05) is 0 Å². The van der Waals surface area contributed by atoms with Crippen molar-refractivity contribution in [3.8, 4) is 11.5 Å². The van der Waals surface area contributed by atoms with Gasteiger partial charge in [-0.15, -0.1) is 0 Å². The molecule has 1 aromatic carbocycles. The molecule has 1 aromatic rings. The molecular weight excluding hydrogens is 188 g/mol. The highest BCUT2D eigenvalue weighted by atomic mass is 17.6. The van der Waals surface area contributed by atoms with Gasteiger partial charge in [-0.05, 0) is 23.6 Å². The molecule has 0 aliphatic carbocycles. The average molecular weight is 202 g/mol. The van der Waals surface area contributed by atoms with Crippen LogP contribution in [0.1, 0.15) is 19.4 Å². The van der Waals surface area contributed by atoms with Crippen LogP contribution >= 0.6 is 0 Å². The lowest BCUT2D eigenvalue weighted by atomic mass is 10.2. The van der Waals surface area contributed by atoms with Crippen molar-refractivity contribution >= 4 is 0 Å². The summed E-state index contributed by atoms with van der Waals surface area (Å²) in [5.41, 5.74) is 0.633. The van der Waals surface area contributed by atoms with Crippen LogP contribution in [0.15, 0.2) is 18.2 Å². The van der Waals surface area contributed by atoms with E-state index in [2.05, 4.69) is 15.0 Å². The van der Waals surface area contributed by atoms with Crippen LogP contribution in [0.2, 0.25) is 0 Å². The number of hydrogen-bond acceptors (Lipinski definition) is 5. The second-order valence-corrected chi connectivity index (χ2v) is 2.15. The van der Waals surface area contributed by atoms with E-state index in [9.17, 15) is 5.11 Å². The van der Waals surface area contributed by atoms with Gasteiger partial charge in [0.15, 0.2) is 5.75 Å². The van der Waals surface area contributed by atoms with Gasteiger partial charge in [0.05, 0.1) is 0 Å². The molecule has 0 aromatic heterocycles. The summed E-state index contributed by atoms with van der Waals surface area (Å²) in [5.74, 6) is 0.0126. The van der Waals surface area contributed by atoms with Crippen LogP contribution in [0.3, 0.4) is 0 Å². The van der Waals surface area contributed by atoms with E-state index >= 15 is 0 Å². The molecule has 0 aliphatic rings. The zero-order valence-electron chi connectivity index (χ0n) is 8.35. The van der Waals surface area contributed by atoms with Gasteiger partial charge in [0.1, 0.15) is 0 Å². The number of hydrogen-bond donors (Lipinski definition) is 2. The Morgan fingerprint density at radius 3 is 2.43 bits per heavy atom. The number of benzene rings is 1. The summed E-state index contributed by atoms with van der Waals surface area (Å²) in [6, 6.07) is 4.81. The van der Waals surface area contributed by atoms with E-state index in [-0.39, 0.29) is 11.5 Å². The lowest BCUT2D eigenvalue weighted by Crippen LogP contribution is -1.96. The molecule has 0 spiro atoms. The Balaban J connectivity index is 0.000000791. The number of aromatic hydroxyl groups is 1. The largest absolute Gasteiger partial charge is 0.504 e. The maximum Gasteiger partial charge on any atom is 0.210 e. The van der Waals surface area contributed by atoms with Crippen molar-refractivity contribution in [1.82, 2.24) is 0 Å². The molecule has 0 heterocycles. The van der Waals surface area contributed by atoms with E-state index in [1.165, 1.54) is 6.07 Å². The average Bonchev–Trinajstić information content (AvgIpc) is 2.23. The minimum Gasteiger partial charge on any atom is -0.504 e. The third-order valence-electron chi connectivity index (χ3n) is 1.35. The fraction of sp³-hybridized carbons (Fsp3) is 0.333. The van der Waals surface area contributed by atoms with Crippen LogP contribution in [0, 0.1) is 6.92 Å². The summed E-state index contributed by atoms with van der Waals surface area (Å²) in [4.78, 5) is 4.34. The predicted octanol–water partition coefficient (Wildman–Crippen LogP) is 2.44. The fourth-order valence-electron chi connectivity index (χ4n) is 0.751. The molecule has 0 unspecified atom stereocenters. The molecule has 1 rings (SSSR count). The molecule has 0 saturated heterocycles. The van der Waals surface area contributed by atoms with Crippen LogP contribution in [0.5, 0.6) is 11.5 Å². The van der Waals surface area contributed by atoms with Gasteiger partial charge in [0, 0.05) is 5.04 Å². The van der Waals surface area contributed by atoms with Crippen LogP contribution < -0.4 is 4.89 Å². The summed E-state index contributed by atoms with van der Waals surface area (Å²) in [6.45, 7) is 5.70. The molecule has 0 saturated carbocycles. The molecule has 0 atom stereocenters. The van der Waals surface area contributed by atoms with Crippen molar-refractivity contribution in [2.45, 2.75) is 20.8 Å². The molecule has 0 aliphatic heterocycles. The number of phenolic OH excluding ortho intramolecular Hbond substituents is 1. The van der Waals surface area contributed by atoms with Crippen molar-refractivity contribution in [3.05, 3.63) is 23.8 Å². The van der Waals surface area contributed by atoms with E-state index < -0.39 is 0 Å². The third kappa shape index (κ3) is 3.61. The molecule has 0 radical (unpaired) electrons. The predicted molar refractivity (Wildman–Crippen MR) is 49.6 cm³/mol. The van der Waals surface area contributed by atoms with Crippen LogP contribution in [0.4, 0.5) is 0 Å². The highest BCUT2D eigenvalue weighted by molar-refractivity contribution is 5.44. The smallest absolute Gasteiger partial charge is 0.210 e. The van der Waals surface area contributed by atoms with Gasteiger partial charge in [-0.3, -0.25) is 0 Å². The highest BCUT2D eigenvalue weighted by Gasteiger charge is 2.05. The van der Waals surface area contributed by atoms with Crippen molar-refractivity contribution < 1.29 is 25.3 Å². The van der Waals surface area contributed by atoms with E-state index in [0.29, 0.717) is 5.56 Å². The third-order valence-corrected chi connectivity index (χ3v) is 1.35. The Morgan fingerprint density at radius 1 is 1.21 bits per heavy atom. The highest BCUT2D eigenvalue weighted by Crippen LogP contribution is 2.28. The lowest BCUT2D eigenvalue weighted by molar-refractivity contribution is -0.594. The summed E-state index contributed by atoms with van der Waals surface area (Å²) >= 11 is 0. The Morgan fingerprint density at radius 2 is 1.86 bits per heavy atom. The Labute approximate surface area is 82.2 Å². The van der Waals surface area contributed by atoms with Crippen molar-refractivity contribution in [1.29, 1.82) is 0 Å². The van der Waals surface area contributed by atoms with E-state index in [4.69, 9.17) is 5.26 Å². The van der Waals surface area contributed by atoms with E-state index in [1.807, 2.05) is 13.8 Å². The topological polar surface area (TPSA) is 68.2 Å². The zero-order chi connectivity index (χ0) is 11.0. The molecule has 5 nitrogen and oxygen atoms in total. The quantitative estimate of drug-likeness (QED) is 0.582.